The van der Waals surface area contributed by atoms with E-state index in [2.05, 4.69) is 0 Å². The molecule has 0 amide bonds. The van der Waals surface area contributed by atoms with Crippen LogP contribution in [-0.4, -0.2) is 19.9 Å². The van der Waals surface area contributed by atoms with E-state index in [9.17, 15) is 4.79 Å². The maximum absolute atomic E-state index is 12.2. The fraction of sp³-hybridized carbons (Fsp3) is 0.188. The minimum Gasteiger partial charge on any atom is -0.438 e. The van der Waals surface area contributed by atoms with Crippen molar-refractivity contribution < 1.29 is 14.3 Å². The van der Waals surface area contributed by atoms with Gasteiger partial charge in [-0.25, -0.2) is 0 Å². The molecule has 0 saturated carbocycles. The van der Waals surface area contributed by atoms with Crippen molar-refractivity contribution in [3.63, 3.8) is 0 Å². The highest BCUT2D eigenvalue weighted by molar-refractivity contribution is 5.82. The fourth-order valence-electron chi connectivity index (χ4n) is 1.96. The minimum absolute atomic E-state index is 0.0327. The standard InChI is InChI=1S/C16H16O3/c1-18-12-19-16(17)15(13-8-4-2-5-9-13)14-10-6-3-7-11-14/h2-11,15H,12H2,1H3. The zero-order valence-electron chi connectivity index (χ0n) is 10.8. The first kappa shape index (κ1) is 13.3. The van der Waals surface area contributed by atoms with E-state index in [1.165, 1.54) is 7.11 Å². The van der Waals surface area contributed by atoms with Crippen molar-refractivity contribution in [3.05, 3.63) is 71.8 Å². The van der Waals surface area contributed by atoms with Gasteiger partial charge in [-0.2, -0.15) is 0 Å². The molecule has 0 bridgehead atoms. The Labute approximate surface area is 112 Å². The highest BCUT2D eigenvalue weighted by atomic mass is 16.7. The first-order chi connectivity index (χ1) is 9.33. The Morgan fingerprint density at radius 2 is 1.42 bits per heavy atom. The smallest absolute Gasteiger partial charge is 0.320 e. The van der Waals surface area contributed by atoms with Gasteiger partial charge in [-0.15, -0.1) is 0 Å². The molecule has 0 unspecified atom stereocenters. The molecule has 0 aromatic heterocycles. The largest absolute Gasteiger partial charge is 0.438 e. The molecule has 0 fully saturated rings. The normalized spacial score (nSPS) is 10.4. The molecular formula is C16H16O3. The average Bonchev–Trinajstić information content (AvgIpc) is 2.47. The van der Waals surface area contributed by atoms with Crippen molar-refractivity contribution in [2.45, 2.75) is 5.92 Å². The number of esters is 1. The van der Waals surface area contributed by atoms with Crippen molar-refractivity contribution in [2.75, 3.05) is 13.9 Å². The third-order valence-electron chi connectivity index (χ3n) is 2.82. The predicted octanol–water partition coefficient (Wildman–Crippen LogP) is 2.97. The quantitative estimate of drug-likeness (QED) is 0.609. The average molecular weight is 256 g/mol. The van der Waals surface area contributed by atoms with E-state index in [-0.39, 0.29) is 12.8 Å². The van der Waals surface area contributed by atoms with Crippen LogP contribution >= 0.6 is 0 Å². The molecule has 3 heteroatoms. The summed E-state index contributed by atoms with van der Waals surface area (Å²) in [5, 5.41) is 0. The van der Waals surface area contributed by atoms with Crippen LogP contribution in [0.3, 0.4) is 0 Å². The SMILES string of the molecule is COCOC(=O)C(c1ccccc1)c1ccccc1. The highest BCUT2D eigenvalue weighted by Crippen LogP contribution is 2.25. The molecule has 0 aliphatic rings. The number of rotatable bonds is 5. The molecule has 2 rings (SSSR count). The summed E-state index contributed by atoms with van der Waals surface area (Å²) in [7, 11) is 1.49. The molecule has 0 radical (unpaired) electrons. The molecule has 0 aliphatic heterocycles. The van der Waals surface area contributed by atoms with Gasteiger partial charge in [0.25, 0.3) is 0 Å². The molecular weight excluding hydrogens is 240 g/mol. The molecule has 2 aromatic rings. The van der Waals surface area contributed by atoms with Crippen LogP contribution in [0.5, 0.6) is 0 Å². The molecule has 98 valence electrons. The Morgan fingerprint density at radius 1 is 0.947 bits per heavy atom. The van der Waals surface area contributed by atoms with Crippen LogP contribution in [0.4, 0.5) is 0 Å². The van der Waals surface area contributed by atoms with E-state index >= 15 is 0 Å². The van der Waals surface area contributed by atoms with Crippen molar-refractivity contribution in [1.29, 1.82) is 0 Å². The van der Waals surface area contributed by atoms with Gasteiger partial charge in [-0.05, 0) is 11.1 Å². The lowest BCUT2D eigenvalue weighted by atomic mass is 9.91. The Morgan fingerprint density at radius 3 is 1.84 bits per heavy atom. The summed E-state index contributed by atoms with van der Waals surface area (Å²) in [6, 6.07) is 19.2. The number of carbonyl (C=O) groups excluding carboxylic acids is 1. The predicted molar refractivity (Wildman–Crippen MR) is 72.7 cm³/mol. The molecule has 0 saturated heterocycles. The van der Waals surface area contributed by atoms with E-state index in [1.54, 1.807) is 0 Å². The second-order valence-electron chi connectivity index (χ2n) is 4.12. The summed E-state index contributed by atoms with van der Waals surface area (Å²) >= 11 is 0. The molecule has 3 nitrogen and oxygen atoms in total. The summed E-state index contributed by atoms with van der Waals surface area (Å²) in [5.74, 6) is -0.725. The maximum Gasteiger partial charge on any atom is 0.320 e. The van der Waals surface area contributed by atoms with E-state index in [4.69, 9.17) is 9.47 Å². The molecule has 0 atom stereocenters. The third kappa shape index (κ3) is 3.42. The number of carbonyl (C=O) groups is 1. The number of ether oxygens (including phenoxy) is 2. The Balaban J connectivity index is 2.31. The second kappa shape index (κ2) is 6.71. The van der Waals surface area contributed by atoms with Crippen molar-refractivity contribution in [1.82, 2.24) is 0 Å². The molecule has 0 spiro atoms. The van der Waals surface area contributed by atoms with Gasteiger partial charge in [0.1, 0.15) is 5.92 Å². The number of hydrogen-bond acceptors (Lipinski definition) is 3. The zero-order valence-corrected chi connectivity index (χ0v) is 10.8. The van der Waals surface area contributed by atoms with Crippen LogP contribution in [0.1, 0.15) is 17.0 Å². The second-order valence-corrected chi connectivity index (χ2v) is 4.12. The van der Waals surface area contributed by atoms with E-state index < -0.39 is 5.92 Å². The minimum atomic E-state index is -0.419. The van der Waals surface area contributed by atoms with Crippen LogP contribution < -0.4 is 0 Å². The van der Waals surface area contributed by atoms with Gasteiger partial charge < -0.3 is 9.47 Å². The third-order valence-corrected chi connectivity index (χ3v) is 2.82. The van der Waals surface area contributed by atoms with Gasteiger partial charge in [-0.3, -0.25) is 4.79 Å². The monoisotopic (exact) mass is 256 g/mol. The maximum atomic E-state index is 12.2. The van der Waals surface area contributed by atoms with E-state index in [0.717, 1.165) is 11.1 Å². The van der Waals surface area contributed by atoms with Crippen LogP contribution in [0, 0.1) is 0 Å². The molecule has 2 aromatic carbocycles. The van der Waals surface area contributed by atoms with Gasteiger partial charge in [0.05, 0.1) is 0 Å². The number of benzene rings is 2. The Bertz CT molecular complexity index is 469. The Kier molecular flexibility index (Phi) is 4.70. The summed E-state index contributed by atoms with van der Waals surface area (Å²) < 4.78 is 9.89. The summed E-state index contributed by atoms with van der Waals surface area (Å²) in [4.78, 5) is 12.2. The Hall–Kier alpha value is -2.13. The highest BCUT2D eigenvalue weighted by Gasteiger charge is 2.23. The van der Waals surface area contributed by atoms with Crippen LogP contribution in [0.25, 0.3) is 0 Å². The van der Waals surface area contributed by atoms with Gasteiger partial charge in [0.15, 0.2) is 6.79 Å². The first-order valence-corrected chi connectivity index (χ1v) is 6.08. The van der Waals surface area contributed by atoms with E-state index in [1.807, 2.05) is 60.7 Å². The summed E-state index contributed by atoms with van der Waals surface area (Å²) in [6.07, 6.45) is 0. The topological polar surface area (TPSA) is 35.5 Å². The lowest BCUT2D eigenvalue weighted by Gasteiger charge is -2.16. The molecule has 0 aliphatic carbocycles. The van der Waals surface area contributed by atoms with Gasteiger partial charge in [-0.1, -0.05) is 60.7 Å². The zero-order chi connectivity index (χ0) is 13.5. The number of methoxy groups -OCH3 is 1. The lowest BCUT2D eigenvalue weighted by Crippen LogP contribution is -2.18. The van der Waals surface area contributed by atoms with E-state index in [0.29, 0.717) is 0 Å². The molecule has 0 heterocycles. The summed E-state index contributed by atoms with van der Waals surface area (Å²) in [6.45, 7) is -0.0327. The van der Waals surface area contributed by atoms with Gasteiger partial charge in [0.2, 0.25) is 0 Å². The fourth-order valence-corrected chi connectivity index (χ4v) is 1.96. The van der Waals surface area contributed by atoms with Crippen LogP contribution in [0.15, 0.2) is 60.7 Å². The van der Waals surface area contributed by atoms with Crippen molar-refractivity contribution in [2.24, 2.45) is 0 Å². The molecule has 0 N–H and O–H groups in total. The first-order valence-electron chi connectivity index (χ1n) is 6.08. The lowest BCUT2D eigenvalue weighted by molar-refractivity contribution is -0.154. The van der Waals surface area contributed by atoms with Crippen molar-refractivity contribution in [3.8, 4) is 0 Å². The van der Waals surface area contributed by atoms with Gasteiger partial charge >= 0.3 is 5.97 Å². The van der Waals surface area contributed by atoms with Crippen LogP contribution in [0.2, 0.25) is 0 Å². The van der Waals surface area contributed by atoms with Crippen LogP contribution in [-0.2, 0) is 14.3 Å². The molecule has 19 heavy (non-hydrogen) atoms. The summed E-state index contributed by atoms with van der Waals surface area (Å²) in [5.41, 5.74) is 1.82. The van der Waals surface area contributed by atoms with Gasteiger partial charge in [0, 0.05) is 7.11 Å². The number of hydrogen-bond donors (Lipinski definition) is 0. The van der Waals surface area contributed by atoms with Crippen molar-refractivity contribution >= 4 is 5.97 Å².